The maximum Gasteiger partial charge on any atom is 0.314 e. The van der Waals surface area contributed by atoms with Gasteiger partial charge in [0.25, 0.3) is 0 Å². The number of nitrogens with two attached hydrogens (primary N) is 2. The number of ether oxygens (including phenoxy) is 4. The molecule has 0 saturated heterocycles. The summed E-state index contributed by atoms with van der Waals surface area (Å²) in [5.74, 6) is 1.35. The molecule has 0 atom stereocenters. The highest BCUT2D eigenvalue weighted by Gasteiger charge is 2.23. The molecule has 0 bridgehead atoms. The summed E-state index contributed by atoms with van der Waals surface area (Å²) in [6.45, 7) is 7.56. The fraction of sp³-hybridized carbons (Fsp3) is 0.346. The van der Waals surface area contributed by atoms with Crippen LogP contribution in [-0.4, -0.2) is 40.6 Å². The minimum Gasteiger partial charge on any atom is -0.490 e. The van der Waals surface area contributed by atoms with E-state index in [1.807, 2.05) is 33.8 Å². The first-order chi connectivity index (χ1) is 19.3. The maximum absolute atomic E-state index is 11.2. The number of nitriles is 1. The van der Waals surface area contributed by atoms with Crippen molar-refractivity contribution in [1.82, 2.24) is 9.97 Å². The number of nitrogen functional groups attached to an aromatic ring is 2. The predicted molar refractivity (Wildman–Crippen MR) is 150 cm³/mol. The van der Waals surface area contributed by atoms with Crippen LogP contribution in [0.3, 0.4) is 0 Å². The predicted octanol–water partition coefficient (Wildman–Crippen LogP) is 5.10. The average Bonchev–Trinajstić information content (AvgIpc) is 2.92. The van der Waals surface area contributed by atoms with Crippen LogP contribution in [0.4, 0.5) is 23.1 Å². The lowest BCUT2D eigenvalue weighted by molar-refractivity contribution is -0.386. The van der Waals surface area contributed by atoms with Crippen LogP contribution in [0.1, 0.15) is 50.7 Å². The molecule has 0 saturated carbocycles. The van der Waals surface area contributed by atoms with Gasteiger partial charge in [-0.2, -0.15) is 10.2 Å². The minimum atomic E-state index is -0.543. The van der Waals surface area contributed by atoms with Crippen molar-refractivity contribution in [2.75, 3.05) is 32.3 Å². The number of nitro benzene ring substituents is 2. The first kappa shape index (κ1) is 31.8. The lowest BCUT2D eigenvalue weighted by Crippen LogP contribution is -2.04. The summed E-state index contributed by atoms with van der Waals surface area (Å²) in [6, 6.07) is 7.58. The van der Waals surface area contributed by atoms with Gasteiger partial charge in [-0.15, -0.1) is 0 Å². The smallest absolute Gasteiger partial charge is 0.314 e. The van der Waals surface area contributed by atoms with E-state index in [4.69, 9.17) is 35.7 Å². The second-order valence-corrected chi connectivity index (χ2v) is 8.97. The third kappa shape index (κ3) is 8.05. The number of rotatable bonds is 10. The molecular formula is C26H31N7O8. The van der Waals surface area contributed by atoms with E-state index >= 15 is 0 Å². The van der Waals surface area contributed by atoms with Gasteiger partial charge in [0, 0.05) is 11.1 Å². The summed E-state index contributed by atoms with van der Waals surface area (Å²) >= 11 is 0. The number of anilines is 2. The van der Waals surface area contributed by atoms with E-state index in [1.54, 1.807) is 12.1 Å². The molecule has 1 heterocycles. The zero-order valence-corrected chi connectivity index (χ0v) is 23.4. The van der Waals surface area contributed by atoms with Crippen LogP contribution < -0.4 is 30.4 Å². The normalized spacial score (nSPS) is 10.3. The highest BCUT2D eigenvalue weighted by Crippen LogP contribution is 2.41. The standard InChI is InChI=1S/C14H17N5O4.C12H14N2O4/c1-7(2)8-4-11(22-3)9(19(20)21)5-10(8)23-12-6-17-14(16)18-13(12)15;1-8(2)9-6-12(17-3)10(14(15)16)7-11(9)18-5-4-13/h4-7H,1-3H3,(H4,15,16,17,18);6-8H,5H2,1-3H3. The fourth-order valence-corrected chi connectivity index (χ4v) is 3.56. The molecular weight excluding hydrogens is 538 g/mol. The monoisotopic (exact) mass is 569 g/mol. The second-order valence-electron chi connectivity index (χ2n) is 8.97. The number of methoxy groups -OCH3 is 2. The third-order valence-electron chi connectivity index (χ3n) is 5.57. The summed E-state index contributed by atoms with van der Waals surface area (Å²) in [6.07, 6.45) is 1.32. The molecule has 41 heavy (non-hydrogen) atoms. The van der Waals surface area contributed by atoms with E-state index in [1.165, 1.54) is 32.5 Å². The van der Waals surface area contributed by atoms with Crippen molar-refractivity contribution in [3.8, 4) is 34.8 Å². The average molecular weight is 570 g/mol. The Kier molecular flexibility index (Phi) is 11.0. The molecule has 0 amide bonds. The SMILES string of the molecule is COc1cc(C(C)C)c(OCC#N)cc1[N+](=O)[O-].COc1cc(C(C)C)c(Oc2cnc(N)nc2N)cc1[N+](=O)[O-]. The molecule has 3 rings (SSSR count). The summed E-state index contributed by atoms with van der Waals surface area (Å²) in [4.78, 5) is 28.6. The van der Waals surface area contributed by atoms with Crippen LogP contribution in [0.5, 0.6) is 28.7 Å². The van der Waals surface area contributed by atoms with E-state index in [0.717, 1.165) is 11.1 Å². The summed E-state index contributed by atoms with van der Waals surface area (Å²) < 4.78 is 21.0. The van der Waals surface area contributed by atoms with Crippen LogP contribution in [0.2, 0.25) is 0 Å². The molecule has 2 aromatic carbocycles. The molecule has 0 aliphatic rings. The molecule has 0 fully saturated rings. The molecule has 0 spiro atoms. The van der Waals surface area contributed by atoms with Gasteiger partial charge in [0.1, 0.15) is 17.6 Å². The third-order valence-corrected chi connectivity index (χ3v) is 5.57. The number of hydrogen-bond acceptors (Lipinski definition) is 13. The van der Waals surface area contributed by atoms with Crippen LogP contribution in [0, 0.1) is 31.6 Å². The Bertz CT molecular complexity index is 1450. The number of nitro groups is 2. The Morgan fingerprint density at radius 1 is 0.854 bits per heavy atom. The van der Waals surface area contributed by atoms with E-state index in [9.17, 15) is 20.2 Å². The highest BCUT2D eigenvalue weighted by atomic mass is 16.6. The molecule has 15 nitrogen and oxygen atoms in total. The zero-order chi connectivity index (χ0) is 30.9. The van der Waals surface area contributed by atoms with Crippen molar-refractivity contribution in [2.45, 2.75) is 39.5 Å². The lowest BCUT2D eigenvalue weighted by Gasteiger charge is -2.15. The van der Waals surface area contributed by atoms with E-state index < -0.39 is 9.85 Å². The van der Waals surface area contributed by atoms with Gasteiger partial charge >= 0.3 is 11.4 Å². The minimum absolute atomic E-state index is 0.0136. The first-order valence-electron chi connectivity index (χ1n) is 12.1. The van der Waals surface area contributed by atoms with Crippen LogP contribution in [-0.2, 0) is 0 Å². The van der Waals surface area contributed by atoms with E-state index in [-0.39, 0.29) is 64.6 Å². The molecule has 3 aromatic rings. The van der Waals surface area contributed by atoms with Gasteiger partial charge in [0.2, 0.25) is 5.95 Å². The van der Waals surface area contributed by atoms with Crippen molar-refractivity contribution in [3.05, 3.63) is 61.8 Å². The van der Waals surface area contributed by atoms with Gasteiger partial charge in [0.05, 0.1) is 42.4 Å². The summed E-state index contributed by atoms with van der Waals surface area (Å²) in [5.41, 5.74) is 12.3. The quantitative estimate of drug-likeness (QED) is 0.239. The largest absolute Gasteiger partial charge is 0.490 e. The van der Waals surface area contributed by atoms with Crippen molar-refractivity contribution in [2.24, 2.45) is 0 Å². The van der Waals surface area contributed by atoms with Gasteiger partial charge in [-0.1, -0.05) is 27.7 Å². The highest BCUT2D eigenvalue weighted by molar-refractivity contribution is 5.58. The van der Waals surface area contributed by atoms with Gasteiger partial charge in [-0.05, 0) is 24.0 Å². The number of hydrogen-bond donors (Lipinski definition) is 2. The molecule has 15 heteroatoms. The van der Waals surface area contributed by atoms with E-state index in [0.29, 0.717) is 5.75 Å². The Labute approximate surface area is 235 Å². The molecule has 218 valence electrons. The molecule has 0 radical (unpaired) electrons. The number of aromatic nitrogens is 2. The molecule has 4 N–H and O–H groups in total. The Hall–Kier alpha value is -5.39. The second kappa shape index (κ2) is 14.1. The van der Waals surface area contributed by atoms with Gasteiger partial charge in [-0.3, -0.25) is 20.2 Å². The van der Waals surface area contributed by atoms with Crippen molar-refractivity contribution in [1.29, 1.82) is 5.26 Å². The van der Waals surface area contributed by atoms with Crippen LogP contribution >= 0.6 is 0 Å². The molecule has 0 unspecified atom stereocenters. The summed E-state index contributed by atoms with van der Waals surface area (Å²) in [7, 11) is 2.75. The van der Waals surface area contributed by atoms with Gasteiger partial charge in [0.15, 0.2) is 29.7 Å². The summed E-state index contributed by atoms with van der Waals surface area (Å²) in [5, 5.41) is 30.6. The first-order valence-corrected chi connectivity index (χ1v) is 12.1. The lowest BCUT2D eigenvalue weighted by atomic mass is 10.0. The van der Waals surface area contributed by atoms with E-state index in [2.05, 4.69) is 9.97 Å². The topological polar surface area (TPSA) is 225 Å². The van der Waals surface area contributed by atoms with Gasteiger partial charge < -0.3 is 30.4 Å². The molecule has 1 aromatic heterocycles. The van der Waals surface area contributed by atoms with Crippen molar-refractivity contribution < 1.29 is 28.8 Å². The van der Waals surface area contributed by atoms with Crippen LogP contribution in [0.25, 0.3) is 0 Å². The zero-order valence-electron chi connectivity index (χ0n) is 23.4. The van der Waals surface area contributed by atoms with Gasteiger partial charge in [-0.25, -0.2) is 4.98 Å². The van der Waals surface area contributed by atoms with Crippen molar-refractivity contribution >= 4 is 23.1 Å². The fourth-order valence-electron chi connectivity index (χ4n) is 3.56. The molecule has 0 aliphatic heterocycles. The Morgan fingerprint density at radius 2 is 1.34 bits per heavy atom. The number of benzene rings is 2. The Morgan fingerprint density at radius 3 is 1.76 bits per heavy atom. The van der Waals surface area contributed by atoms with Crippen molar-refractivity contribution in [3.63, 3.8) is 0 Å². The maximum atomic E-state index is 11.2. The molecule has 0 aliphatic carbocycles. The number of nitrogens with zero attached hydrogens (tertiary/aromatic N) is 5. The van der Waals surface area contributed by atoms with Crippen LogP contribution in [0.15, 0.2) is 30.5 Å². The Balaban J connectivity index is 0.000000296.